The average molecular weight is 595 g/mol. The molecule has 45 heavy (non-hydrogen) atoms. The number of aryl methyl sites for hydroxylation is 1. The molecule has 7 rings (SSSR count). The fourth-order valence-corrected chi connectivity index (χ4v) is 6.42. The van der Waals surface area contributed by atoms with Crippen molar-refractivity contribution in [3.8, 4) is 34.1 Å². The fraction of sp³-hybridized carbons (Fsp3) is 0.350. The molecular weight excluding hydrogens is 552 g/mol. The van der Waals surface area contributed by atoms with Crippen LogP contribution in [0.5, 0.6) is 11.5 Å². The smallest absolute Gasteiger partial charge is 0.163 e. The van der Waals surface area contributed by atoms with Crippen molar-refractivity contribution < 1.29 is 4.74 Å². The minimum atomic E-state index is -0.200. The van der Waals surface area contributed by atoms with Crippen LogP contribution < -0.4 is 4.74 Å². The average Bonchev–Trinajstić information content (AvgIpc) is 2.96. The zero-order chi connectivity index (χ0) is 32.1. The van der Waals surface area contributed by atoms with Crippen molar-refractivity contribution in [2.45, 2.75) is 86.5 Å². The first-order chi connectivity index (χ1) is 21.1. The SMILES string of the molecule is Cc1c2c(cc3cc(CC(C)(C)C)ccc13)-c1nccc3c1c(cc1ccc(-c4nc(C(C)(C)C)nc(C(C)(C)C)n4)cc13)O2. The van der Waals surface area contributed by atoms with Gasteiger partial charge in [-0.05, 0) is 75.5 Å². The number of rotatable bonds is 2. The second kappa shape index (κ2) is 9.81. The normalized spacial score (nSPS) is 13.4. The number of aromatic nitrogens is 4. The van der Waals surface area contributed by atoms with Gasteiger partial charge in [0.2, 0.25) is 0 Å². The lowest BCUT2D eigenvalue weighted by Gasteiger charge is -2.25. The summed E-state index contributed by atoms with van der Waals surface area (Å²) < 4.78 is 6.76. The Hall–Kier alpha value is -4.38. The van der Waals surface area contributed by atoms with Crippen molar-refractivity contribution in [3.63, 3.8) is 0 Å². The van der Waals surface area contributed by atoms with Gasteiger partial charge in [-0.1, -0.05) is 92.6 Å². The van der Waals surface area contributed by atoms with Gasteiger partial charge in [-0.25, -0.2) is 15.0 Å². The van der Waals surface area contributed by atoms with Crippen LogP contribution in [-0.4, -0.2) is 19.9 Å². The van der Waals surface area contributed by atoms with Crippen LogP contribution in [-0.2, 0) is 17.3 Å². The van der Waals surface area contributed by atoms with Gasteiger partial charge in [-0.3, -0.25) is 4.98 Å². The van der Waals surface area contributed by atoms with E-state index in [1.165, 1.54) is 16.3 Å². The zero-order valence-electron chi connectivity index (χ0n) is 28.2. The first kappa shape index (κ1) is 29.3. The number of hydrogen-bond acceptors (Lipinski definition) is 5. The molecule has 0 unspecified atom stereocenters. The van der Waals surface area contributed by atoms with E-state index in [-0.39, 0.29) is 16.2 Å². The molecule has 0 atom stereocenters. The number of fused-ring (bicyclic) bond motifs is 5. The maximum atomic E-state index is 6.76. The summed E-state index contributed by atoms with van der Waals surface area (Å²) in [6.07, 6.45) is 2.95. The Morgan fingerprint density at radius 2 is 1.38 bits per heavy atom. The molecular formula is C40H42N4O. The van der Waals surface area contributed by atoms with Crippen LogP contribution in [0.1, 0.15) is 85.1 Å². The van der Waals surface area contributed by atoms with Gasteiger partial charge < -0.3 is 4.74 Å². The Bertz CT molecular complexity index is 2140. The summed E-state index contributed by atoms with van der Waals surface area (Å²) in [5.74, 6) is 4.05. The molecule has 0 bridgehead atoms. The third-order valence-corrected chi connectivity index (χ3v) is 8.67. The molecule has 0 N–H and O–H groups in total. The molecule has 0 aliphatic carbocycles. The van der Waals surface area contributed by atoms with Gasteiger partial charge >= 0.3 is 0 Å². The summed E-state index contributed by atoms with van der Waals surface area (Å²) >= 11 is 0. The highest BCUT2D eigenvalue weighted by Crippen LogP contribution is 2.50. The molecule has 3 heterocycles. The predicted octanol–water partition coefficient (Wildman–Crippen LogP) is 10.7. The Labute approximate surface area is 266 Å². The molecule has 2 aromatic heterocycles. The van der Waals surface area contributed by atoms with E-state index in [1.807, 2.05) is 6.20 Å². The highest BCUT2D eigenvalue weighted by Gasteiger charge is 2.28. The number of pyridine rings is 1. The maximum absolute atomic E-state index is 6.76. The molecule has 228 valence electrons. The van der Waals surface area contributed by atoms with Crippen LogP contribution in [0.2, 0.25) is 0 Å². The molecule has 0 fully saturated rings. The van der Waals surface area contributed by atoms with E-state index in [0.717, 1.165) is 73.5 Å². The third kappa shape index (κ3) is 5.12. The van der Waals surface area contributed by atoms with Crippen molar-refractivity contribution in [1.29, 1.82) is 0 Å². The zero-order valence-corrected chi connectivity index (χ0v) is 28.2. The topological polar surface area (TPSA) is 60.8 Å². The van der Waals surface area contributed by atoms with Crippen LogP contribution in [0.15, 0.2) is 60.8 Å². The van der Waals surface area contributed by atoms with Gasteiger partial charge in [-0.15, -0.1) is 0 Å². The highest BCUT2D eigenvalue weighted by atomic mass is 16.5. The lowest BCUT2D eigenvalue weighted by Crippen LogP contribution is -2.24. The number of ether oxygens (including phenoxy) is 1. The largest absolute Gasteiger partial charge is 0.456 e. The molecule has 0 saturated carbocycles. The Kier molecular flexibility index (Phi) is 6.39. The summed E-state index contributed by atoms with van der Waals surface area (Å²) in [6, 6.07) is 19.8. The van der Waals surface area contributed by atoms with E-state index >= 15 is 0 Å². The van der Waals surface area contributed by atoms with Gasteiger partial charge in [0.1, 0.15) is 23.1 Å². The van der Waals surface area contributed by atoms with Gasteiger partial charge in [0.05, 0.1) is 11.1 Å². The van der Waals surface area contributed by atoms with E-state index in [0.29, 0.717) is 5.82 Å². The summed E-state index contributed by atoms with van der Waals surface area (Å²) in [7, 11) is 0. The van der Waals surface area contributed by atoms with Crippen LogP contribution in [0.25, 0.3) is 55.0 Å². The molecule has 1 aliphatic rings. The summed E-state index contributed by atoms with van der Waals surface area (Å²) in [4.78, 5) is 19.8. The fourth-order valence-electron chi connectivity index (χ4n) is 6.42. The number of hydrogen-bond donors (Lipinski definition) is 0. The summed E-state index contributed by atoms with van der Waals surface area (Å²) in [6.45, 7) is 21.9. The molecule has 0 amide bonds. The van der Waals surface area contributed by atoms with Crippen molar-refractivity contribution in [3.05, 3.63) is 83.6 Å². The Balaban J connectivity index is 1.43. The molecule has 6 aromatic rings. The first-order valence-electron chi connectivity index (χ1n) is 15.9. The highest BCUT2D eigenvalue weighted by molar-refractivity contribution is 6.17. The van der Waals surface area contributed by atoms with Gasteiger partial charge in [0.15, 0.2) is 5.82 Å². The van der Waals surface area contributed by atoms with Crippen molar-refractivity contribution >= 4 is 32.3 Å². The minimum absolute atomic E-state index is 0.200. The van der Waals surface area contributed by atoms with Crippen molar-refractivity contribution in [2.75, 3.05) is 0 Å². The molecule has 5 nitrogen and oxygen atoms in total. The van der Waals surface area contributed by atoms with Gasteiger partial charge in [0.25, 0.3) is 0 Å². The first-order valence-corrected chi connectivity index (χ1v) is 15.9. The summed E-state index contributed by atoms with van der Waals surface area (Å²) in [5, 5.41) is 6.83. The maximum Gasteiger partial charge on any atom is 0.163 e. The monoisotopic (exact) mass is 594 g/mol. The van der Waals surface area contributed by atoms with E-state index < -0.39 is 0 Å². The number of benzene rings is 4. The van der Waals surface area contributed by atoms with Gasteiger partial charge in [0, 0.05) is 33.7 Å². The van der Waals surface area contributed by atoms with Gasteiger partial charge in [-0.2, -0.15) is 0 Å². The molecule has 0 radical (unpaired) electrons. The molecule has 0 spiro atoms. The van der Waals surface area contributed by atoms with E-state index in [4.69, 9.17) is 24.7 Å². The lowest BCUT2D eigenvalue weighted by molar-refractivity contribution is 0.411. The van der Waals surface area contributed by atoms with E-state index in [9.17, 15) is 0 Å². The minimum Gasteiger partial charge on any atom is -0.456 e. The van der Waals surface area contributed by atoms with E-state index in [2.05, 4.69) is 124 Å². The van der Waals surface area contributed by atoms with Crippen molar-refractivity contribution in [1.82, 2.24) is 19.9 Å². The Morgan fingerprint density at radius 3 is 2.04 bits per heavy atom. The van der Waals surface area contributed by atoms with Crippen LogP contribution in [0.3, 0.4) is 0 Å². The standard InChI is InChI=1S/C40H42N4O/c1-22-27-14-11-23(21-38(2,3)4)17-26(27)19-30-33-32-28(15-16-41-33)29-18-25(13-12-24(29)20-31(32)45-34(22)30)35-42-36(39(5,6)7)44-37(43-35)40(8,9)10/h11-20H,21H2,1-10H3. The van der Waals surface area contributed by atoms with Crippen molar-refractivity contribution in [2.24, 2.45) is 5.41 Å². The van der Waals surface area contributed by atoms with Crippen LogP contribution >= 0.6 is 0 Å². The Morgan fingerprint density at radius 1 is 0.667 bits per heavy atom. The third-order valence-electron chi connectivity index (χ3n) is 8.67. The van der Waals surface area contributed by atoms with Crippen LogP contribution in [0.4, 0.5) is 0 Å². The second-order valence-electron chi connectivity index (χ2n) is 16.0. The van der Waals surface area contributed by atoms with E-state index in [1.54, 1.807) is 0 Å². The molecule has 5 heteroatoms. The molecule has 4 aromatic carbocycles. The molecule has 0 saturated heterocycles. The summed E-state index contributed by atoms with van der Waals surface area (Å²) in [5.41, 5.74) is 5.29. The predicted molar refractivity (Wildman–Crippen MR) is 186 cm³/mol. The second-order valence-corrected chi connectivity index (χ2v) is 16.0. The van der Waals surface area contributed by atoms with Crippen LogP contribution in [0, 0.1) is 12.3 Å². The lowest BCUT2D eigenvalue weighted by atomic mass is 9.86. The molecule has 1 aliphatic heterocycles. The number of nitrogens with zero attached hydrogens (tertiary/aromatic N) is 4. The quantitative estimate of drug-likeness (QED) is 0.186.